The number of carbonyl (C=O) groups is 2. The number of amides is 1. The summed E-state index contributed by atoms with van der Waals surface area (Å²) in [4.78, 5) is 25.8. The lowest BCUT2D eigenvalue weighted by molar-refractivity contribution is -0.113. The third kappa shape index (κ3) is 5.64. The third-order valence-electron chi connectivity index (χ3n) is 5.36. The SMILES string of the molecule is Nc1ccccc1NC(=O)c1ccc(/C=C(/C(=O)Cc2ccccc2)c2ccc(F)cc2)cc1. The molecule has 0 radical (unpaired) electrons. The molecule has 4 nitrogen and oxygen atoms in total. The van der Waals surface area contributed by atoms with Crippen molar-refractivity contribution in [2.45, 2.75) is 6.42 Å². The Hall–Kier alpha value is -4.51. The number of ketones is 1. The molecule has 0 aliphatic carbocycles. The van der Waals surface area contributed by atoms with Gasteiger partial charge in [-0.25, -0.2) is 4.39 Å². The molecule has 0 unspecified atom stereocenters. The molecule has 1 amide bonds. The Morgan fingerprint density at radius 1 is 0.765 bits per heavy atom. The van der Waals surface area contributed by atoms with E-state index in [1.807, 2.05) is 30.3 Å². The predicted octanol–water partition coefficient (Wildman–Crippen LogP) is 6.01. The summed E-state index contributed by atoms with van der Waals surface area (Å²) in [7, 11) is 0. The van der Waals surface area contributed by atoms with E-state index in [4.69, 9.17) is 5.73 Å². The van der Waals surface area contributed by atoms with Gasteiger partial charge in [0.2, 0.25) is 0 Å². The molecule has 0 saturated heterocycles. The van der Waals surface area contributed by atoms with Crippen LogP contribution in [0, 0.1) is 5.82 Å². The van der Waals surface area contributed by atoms with E-state index in [0.29, 0.717) is 28.1 Å². The quantitative estimate of drug-likeness (QED) is 0.206. The van der Waals surface area contributed by atoms with Gasteiger partial charge < -0.3 is 11.1 Å². The first kappa shape index (κ1) is 22.7. The van der Waals surface area contributed by atoms with Crippen molar-refractivity contribution in [1.82, 2.24) is 0 Å². The van der Waals surface area contributed by atoms with Crippen LogP contribution in [0.1, 0.15) is 27.0 Å². The molecular formula is C29H23FN2O2. The number of hydrogen-bond donors (Lipinski definition) is 2. The number of Topliss-reactive ketones (excluding diaryl/α,β-unsaturated/α-hetero) is 1. The predicted molar refractivity (Wildman–Crippen MR) is 135 cm³/mol. The van der Waals surface area contributed by atoms with Crippen molar-refractivity contribution < 1.29 is 14.0 Å². The molecule has 0 aliphatic rings. The van der Waals surface area contributed by atoms with E-state index in [-0.39, 0.29) is 23.9 Å². The molecule has 0 aliphatic heterocycles. The zero-order chi connectivity index (χ0) is 23.9. The van der Waals surface area contributed by atoms with E-state index in [0.717, 1.165) is 11.1 Å². The van der Waals surface area contributed by atoms with Crippen LogP contribution in [-0.2, 0) is 11.2 Å². The summed E-state index contributed by atoms with van der Waals surface area (Å²) in [6, 6.07) is 29.3. The first-order valence-corrected chi connectivity index (χ1v) is 10.8. The fraction of sp³-hybridized carbons (Fsp3) is 0.0345. The van der Waals surface area contributed by atoms with Crippen molar-refractivity contribution >= 4 is 34.7 Å². The summed E-state index contributed by atoms with van der Waals surface area (Å²) in [6.07, 6.45) is 1.98. The molecule has 0 saturated carbocycles. The first-order valence-electron chi connectivity index (χ1n) is 10.8. The van der Waals surface area contributed by atoms with Crippen LogP contribution in [0.2, 0.25) is 0 Å². The highest BCUT2D eigenvalue weighted by Gasteiger charge is 2.14. The highest BCUT2D eigenvalue weighted by Crippen LogP contribution is 2.23. The Morgan fingerprint density at radius 3 is 2.06 bits per heavy atom. The lowest BCUT2D eigenvalue weighted by Gasteiger charge is -2.10. The van der Waals surface area contributed by atoms with Gasteiger partial charge in [-0.3, -0.25) is 9.59 Å². The molecular weight excluding hydrogens is 427 g/mol. The van der Waals surface area contributed by atoms with Gasteiger partial charge in [0.25, 0.3) is 5.91 Å². The molecule has 34 heavy (non-hydrogen) atoms. The van der Waals surface area contributed by atoms with E-state index in [2.05, 4.69) is 5.32 Å². The summed E-state index contributed by atoms with van der Waals surface area (Å²) in [5.41, 5.74) is 10.1. The van der Waals surface area contributed by atoms with Crippen LogP contribution < -0.4 is 11.1 Å². The van der Waals surface area contributed by atoms with Crippen molar-refractivity contribution in [3.05, 3.63) is 131 Å². The van der Waals surface area contributed by atoms with Gasteiger partial charge >= 0.3 is 0 Å². The number of halogens is 1. The van der Waals surface area contributed by atoms with Crippen LogP contribution in [-0.4, -0.2) is 11.7 Å². The van der Waals surface area contributed by atoms with E-state index in [1.54, 1.807) is 66.7 Å². The fourth-order valence-electron chi connectivity index (χ4n) is 3.53. The van der Waals surface area contributed by atoms with E-state index >= 15 is 0 Å². The minimum atomic E-state index is -0.368. The molecule has 4 aromatic rings. The molecule has 3 N–H and O–H groups in total. The number of anilines is 2. The summed E-state index contributed by atoms with van der Waals surface area (Å²) in [5.74, 6) is -0.737. The summed E-state index contributed by atoms with van der Waals surface area (Å²) >= 11 is 0. The monoisotopic (exact) mass is 450 g/mol. The topological polar surface area (TPSA) is 72.2 Å². The lowest BCUT2D eigenvalue weighted by Crippen LogP contribution is -2.13. The van der Waals surface area contributed by atoms with Gasteiger partial charge in [0.15, 0.2) is 5.78 Å². The molecule has 5 heteroatoms. The average molecular weight is 451 g/mol. The smallest absolute Gasteiger partial charge is 0.255 e. The highest BCUT2D eigenvalue weighted by molar-refractivity contribution is 6.25. The standard InChI is InChI=1S/C29H23FN2O2/c30-24-16-14-22(15-17-24)25(28(33)19-20-6-2-1-3-7-20)18-21-10-12-23(13-11-21)29(34)32-27-9-5-4-8-26(27)31/h1-18H,19,31H2,(H,32,34)/b25-18+. The number of nitrogens with one attached hydrogen (secondary N) is 1. The second kappa shape index (κ2) is 10.4. The fourth-order valence-corrected chi connectivity index (χ4v) is 3.53. The Labute approximate surface area is 197 Å². The summed E-state index contributed by atoms with van der Waals surface area (Å²) in [6.45, 7) is 0. The second-order valence-corrected chi connectivity index (χ2v) is 7.81. The van der Waals surface area contributed by atoms with Crippen LogP contribution in [0.4, 0.5) is 15.8 Å². The van der Waals surface area contributed by atoms with Gasteiger partial charge in [-0.1, -0.05) is 66.7 Å². The average Bonchev–Trinajstić information content (AvgIpc) is 2.85. The molecule has 0 heterocycles. The summed E-state index contributed by atoms with van der Waals surface area (Å²) in [5, 5.41) is 2.79. The van der Waals surface area contributed by atoms with E-state index < -0.39 is 0 Å². The van der Waals surface area contributed by atoms with Crippen LogP contribution in [0.3, 0.4) is 0 Å². The maximum Gasteiger partial charge on any atom is 0.255 e. The Kier molecular flexibility index (Phi) is 6.94. The zero-order valence-corrected chi connectivity index (χ0v) is 18.4. The zero-order valence-electron chi connectivity index (χ0n) is 18.4. The minimum Gasteiger partial charge on any atom is -0.397 e. The Bertz CT molecular complexity index is 1330. The van der Waals surface area contributed by atoms with Crippen molar-refractivity contribution in [1.29, 1.82) is 0 Å². The number of carbonyl (C=O) groups excluding carboxylic acids is 2. The van der Waals surface area contributed by atoms with Crippen LogP contribution in [0.25, 0.3) is 11.6 Å². The van der Waals surface area contributed by atoms with Gasteiger partial charge in [0.1, 0.15) is 5.82 Å². The van der Waals surface area contributed by atoms with E-state index in [9.17, 15) is 14.0 Å². The van der Waals surface area contributed by atoms with Gasteiger partial charge in [0, 0.05) is 17.6 Å². The van der Waals surface area contributed by atoms with Gasteiger partial charge in [-0.15, -0.1) is 0 Å². The molecule has 4 rings (SSSR count). The number of allylic oxidation sites excluding steroid dienone is 1. The second-order valence-electron chi connectivity index (χ2n) is 7.81. The van der Waals surface area contributed by atoms with Crippen LogP contribution >= 0.6 is 0 Å². The van der Waals surface area contributed by atoms with Crippen molar-refractivity contribution in [3.63, 3.8) is 0 Å². The highest BCUT2D eigenvalue weighted by atomic mass is 19.1. The van der Waals surface area contributed by atoms with Crippen LogP contribution in [0.5, 0.6) is 0 Å². The molecule has 0 atom stereocenters. The Morgan fingerprint density at radius 2 is 1.38 bits per heavy atom. The minimum absolute atomic E-state index is 0.0841. The number of nitrogens with two attached hydrogens (primary N) is 1. The maximum atomic E-state index is 13.5. The molecule has 0 spiro atoms. The van der Waals surface area contributed by atoms with E-state index in [1.165, 1.54) is 12.1 Å². The van der Waals surface area contributed by atoms with Crippen LogP contribution in [0.15, 0.2) is 103 Å². The lowest BCUT2D eigenvalue weighted by atomic mass is 9.94. The van der Waals surface area contributed by atoms with Gasteiger partial charge in [-0.2, -0.15) is 0 Å². The number of hydrogen-bond acceptors (Lipinski definition) is 3. The maximum absolute atomic E-state index is 13.5. The number of para-hydroxylation sites is 2. The molecule has 4 aromatic carbocycles. The first-order chi connectivity index (χ1) is 16.5. The number of nitrogen functional groups attached to an aromatic ring is 1. The largest absolute Gasteiger partial charge is 0.397 e. The van der Waals surface area contributed by atoms with Gasteiger partial charge in [-0.05, 0) is 59.2 Å². The van der Waals surface area contributed by atoms with Crippen molar-refractivity contribution in [2.75, 3.05) is 11.1 Å². The normalized spacial score (nSPS) is 11.1. The number of rotatable bonds is 7. The molecule has 168 valence electrons. The van der Waals surface area contributed by atoms with Crippen molar-refractivity contribution in [3.8, 4) is 0 Å². The Balaban J connectivity index is 1.59. The summed E-state index contributed by atoms with van der Waals surface area (Å²) < 4.78 is 13.5. The third-order valence-corrected chi connectivity index (χ3v) is 5.36. The molecule has 0 fully saturated rings. The van der Waals surface area contributed by atoms with Gasteiger partial charge in [0.05, 0.1) is 11.4 Å². The number of benzene rings is 4. The van der Waals surface area contributed by atoms with Crippen molar-refractivity contribution in [2.24, 2.45) is 0 Å². The molecule has 0 bridgehead atoms. The molecule has 0 aromatic heterocycles.